The van der Waals surface area contributed by atoms with E-state index in [1.54, 1.807) is 0 Å². The third-order valence-electron chi connectivity index (χ3n) is 5.35. The number of pyridine rings is 1. The molecule has 0 unspecified atom stereocenters. The second-order valence-corrected chi connectivity index (χ2v) is 7.13. The maximum Gasteiger partial charge on any atom is 0.261 e. The number of benzene rings is 2. The number of aromatic amines is 2. The highest BCUT2D eigenvalue weighted by molar-refractivity contribution is 5.98. The van der Waals surface area contributed by atoms with Gasteiger partial charge in [0, 0.05) is 24.2 Å². The molecule has 142 valence electrons. The number of imidazole rings is 1. The topological polar surface area (TPSA) is 100 Å². The van der Waals surface area contributed by atoms with Crippen LogP contribution in [-0.2, 0) is 4.74 Å². The summed E-state index contributed by atoms with van der Waals surface area (Å²) in [7, 11) is 0. The van der Waals surface area contributed by atoms with Crippen LogP contribution in [0.25, 0.3) is 33.3 Å². The lowest BCUT2D eigenvalue weighted by Gasteiger charge is -2.30. The van der Waals surface area contributed by atoms with Crippen molar-refractivity contribution in [2.75, 3.05) is 36.9 Å². The number of nitrogens with one attached hydrogen (secondary N) is 2. The summed E-state index contributed by atoms with van der Waals surface area (Å²) in [6, 6.07) is 11.6. The van der Waals surface area contributed by atoms with Crippen LogP contribution in [0.1, 0.15) is 5.56 Å². The number of H-pyrrole nitrogens is 2. The number of anilines is 2. The third-order valence-corrected chi connectivity index (χ3v) is 5.35. The second kappa shape index (κ2) is 6.38. The molecule has 0 spiro atoms. The predicted octanol–water partition coefficient (Wildman–Crippen LogP) is 2.80. The summed E-state index contributed by atoms with van der Waals surface area (Å²) in [5, 5.41) is 0.808. The number of ether oxygens (including phenoxy) is 1. The fourth-order valence-electron chi connectivity index (χ4n) is 3.92. The first kappa shape index (κ1) is 16.8. The maximum atomic E-state index is 12.7. The number of rotatable bonds is 2. The van der Waals surface area contributed by atoms with Gasteiger partial charge in [-0.15, -0.1) is 0 Å². The number of hydrogen-bond donors (Lipinski definition) is 3. The van der Waals surface area contributed by atoms with Gasteiger partial charge in [0.2, 0.25) is 0 Å². The molecule has 3 heterocycles. The van der Waals surface area contributed by atoms with Crippen LogP contribution in [0.15, 0.2) is 41.2 Å². The molecule has 7 nitrogen and oxygen atoms in total. The van der Waals surface area contributed by atoms with Gasteiger partial charge in [0.05, 0.1) is 35.5 Å². The normalized spacial score (nSPS) is 14.8. The zero-order chi connectivity index (χ0) is 19.3. The zero-order valence-electron chi connectivity index (χ0n) is 15.6. The minimum Gasteiger partial charge on any atom is -0.397 e. The standard InChI is InChI=1S/C21H21N5O2/c1-12-10-15-16(11-17(12)26-6-8-28-9-7-26)24-20(23-15)18-19(22)13-4-2-3-5-14(13)25-21(18)27/h2-5,10-11H,6-9H2,1H3,(H,23,24)(H3,22,25,27). The largest absolute Gasteiger partial charge is 0.397 e. The Balaban J connectivity index is 1.66. The molecule has 1 aliphatic rings. The molecule has 1 fully saturated rings. The van der Waals surface area contributed by atoms with Gasteiger partial charge in [-0.3, -0.25) is 4.79 Å². The van der Waals surface area contributed by atoms with Gasteiger partial charge in [-0.25, -0.2) is 4.98 Å². The van der Waals surface area contributed by atoms with Crippen LogP contribution >= 0.6 is 0 Å². The Hall–Kier alpha value is -3.32. The van der Waals surface area contributed by atoms with E-state index in [1.165, 1.54) is 0 Å². The van der Waals surface area contributed by atoms with Gasteiger partial charge < -0.3 is 25.3 Å². The fraction of sp³-hybridized carbons (Fsp3) is 0.238. The van der Waals surface area contributed by atoms with Crippen LogP contribution in [0.2, 0.25) is 0 Å². The molecule has 0 saturated carbocycles. The molecule has 0 bridgehead atoms. The Morgan fingerprint density at radius 1 is 1.11 bits per heavy atom. The number of nitrogens with two attached hydrogens (primary N) is 1. The molecule has 7 heteroatoms. The second-order valence-electron chi connectivity index (χ2n) is 7.13. The Kier molecular flexibility index (Phi) is 3.84. The number of hydrogen-bond acceptors (Lipinski definition) is 5. The molecule has 4 N–H and O–H groups in total. The van der Waals surface area contributed by atoms with Crippen molar-refractivity contribution in [1.29, 1.82) is 0 Å². The van der Waals surface area contributed by atoms with E-state index in [4.69, 9.17) is 15.5 Å². The molecule has 0 amide bonds. The van der Waals surface area contributed by atoms with Crippen molar-refractivity contribution >= 4 is 33.3 Å². The number of fused-ring (bicyclic) bond motifs is 2. The Morgan fingerprint density at radius 3 is 2.71 bits per heavy atom. The molecule has 1 saturated heterocycles. The maximum absolute atomic E-state index is 12.7. The van der Waals surface area contributed by atoms with Crippen molar-refractivity contribution in [1.82, 2.24) is 15.0 Å². The van der Waals surface area contributed by atoms with Crippen molar-refractivity contribution in [3.8, 4) is 11.4 Å². The molecular formula is C21H21N5O2. The summed E-state index contributed by atoms with van der Waals surface area (Å²) in [5.41, 5.74) is 11.6. The van der Waals surface area contributed by atoms with Crippen LogP contribution in [0.4, 0.5) is 11.4 Å². The number of aromatic nitrogens is 3. The van der Waals surface area contributed by atoms with Crippen molar-refractivity contribution in [2.45, 2.75) is 6.92 Å². The third kappa shape index (κ3) is 2.63. The smallest absolute Gasteiger partial charge is 0.261 e. The summed E-state index contributed by atoms with van der Waals surface area (Å²) < 4.78 is 5.46. The van der Waals surface area contributed by atoms with Crippen molar-refractivity contribution in [3.63, 3.8) is 0 Å². The first-order chi connectivity index (χ1) is 13.6. The summed E-state index contributed by atoms with van der Waals surface area (Å²) in [6.45, 7) is 5.27. The van der Waals surface area contributed by atoms with Crippen molar-refractivity contribution in [3.05, 3.63) is 52.3 Å². The highest BCUT2D eigenvalue weighted by Crippen LogP contribution is 2.31. The molecule has 28 heavy (non-hydrogen) atoms. The van der Waals surface area contributed by atoms with E-state index in [1.807, 2.05) is 24.3 Å². The van der Waals surface area contributed by atoms with Crippen molar-refractivity contribution < 1.29 is 4.74 Å². The quantitative estimate of drug-likeness (QED) is 0.500. The molecule has 1 aliphatic heterocycles. The molecule has 2 aromatic heterocycles. The first-order valence-electron chi connectivity index (χ1n) is 9.36. The Morgan fingerprint density at radius 2 is 1.89 bits per heavy atom. The highest BCUT2D eigenvalue weighted by Gasteiger charge is 2.18. The Bertz CT molecular complexity index is 1250. The number of nitrogen functional groups attached to an aromatic ring is 1. The van der Waals surface area contributed by atoms with Crippen LogP contribution in [0.5, 0.6) is 0 Å². The highest BCUT2D eigenvalue weighted by atomic mass is 16.5. The molecule has 4 aromatic rings. The van der Waals surface area contributed by atoms with Gasteiger partial charge in [-0.2, -0.15) is 0 Å². The van der Waals surface area contributed by atoms with E-state index in [0.29, 0.717) is 17.1 Å². The first-order valence-corrected chi connectivity index (χ1v) is 9.36. The Labute approximate surface area is 161 Å². The lowest BCUT2D eigenvalue weighted by molar-refractivity contribution is 0.122. The minimum atomic E-state index is -0.250. The summed E-state index contributed by atoms with van der Waals surface area (Å²) in [6.07, 6.45) is 0. The summed E-state index contributed by atoms with van der Waals surface area (Å²) in [4.78, 5) is 25.9. The van der Waals surface area contributed by atoms with E-state index in [-0.39, 0.29) is 5.56 Å². The minimum absolute atomic E-state index is 0.250. The number of para-hydroxylation sites is 1. The van der Waals surface area contributed by atoms with Crippen molar-refractivity contribution in [2.24, 2.45) is 0 Å². The monoisotopic (exact) mass is 375 g/mol. The van der Waals surface area contributed by atoms with E-state index in [9.17, 15) is 4.79 Å². The fourth-order valence-corrected chi connectivity index (χ4v) is 3.92. The number of nitrogens with zero attached hydrogens (tertiary/aromatic N) is 2. The molecule has 2 aromatic carbocycles. The van der Waals surface area contributed by atoms with E-state index >= 15 is 0 Å². The van der Waals surface area contributed by atoms with E-state index in [0.717, 1.165) is 59.5 Å². The van der Waals surface area contributed by atoms with Crippen LogP contribution in [-0.4, -0.2) is 41.3 Å². The van der Waals surface area contributed by atoms with Gasteiger partial charge in [0.1, 0.15) is 11.4 Å². The summed E-state index contributed by atoms with van der Waals surface area (Å²) >= 11 is 0. The van der Waals surface area contributed by atoms with E-state index in [2.05, 4.69) is 33.9 Å². The van der Waals surface area contributed by atoms with Crippen LogP contribution in [0, 0.1) is 6.92 Å². The van der Waals surface area contributed by atoms with Gasteiger partial charge in [-0.1, -0.05) is 18.2 Å². The predicted molar refractivity (Wildman–Crippen MR) is 112 cm³/mol. The SMILES string of the molecule is Cc1cc2[nH]c(-c3c(N)c4ccccc4[nH]c3=O)nc2cc1N1CCOCC1. The molecule has 0 atom stereocenters. The number of aryl methyl sites for hydroxylation is 1. The average Bonchev–Trinajstić information content (AvgIpc) is 3.10. The zero-order valence-corrected chi connectivity index (χ0v) is 15.6. The van der Waals surface area contributed by atoms with Gasteiger partial charge in [0.15, 0.2) is 0 Å². The van der Waals surface area contributed by atoms with E-state index < -0.39 is 0 Å². The lowest BCUT2D eigenvalue weighted by atomic mass is 10.1. The molecule has 0 aliphatic carbocycles. The summed E-state index contributed by atoms with van der Waals surface area (Å²) in [5.74, 6) is 0.484. The van der Waals surface area contributed by atoms with Crippen LogP contribution in [0.3, 0.4) is 0 Å². The van der Waals surface area contributed by atoms with Gasteiger partial charge >= 0.3 is 0 Å². The molecule has 5 rings (SSSR count). The number of morpholine rings is 1. The van der Waals surface area contributed by atoms with Gasteiger partial charge in [0.25, 0.3) is 5.56 Å². The molecule has 0 radical (unpaired) electrons. The van der Waals surface area contributed by atoms with Gasteiger partial charge in [-0.05, 0) is 30.7 Å². The molecular weight excluding hydrogens is 354 g/mol. The lowest BCUT2D eigenvalue weighted by Crippen LogP contribution is -2.36. The van der Waals surface area contributed by atoms with Crippen LogP contribution < -0.4 is 16.2 Å². The average molecular weight is 375 g/mol.